The second-order valence-electron chi connectivity index (χ2n) is 3.06. The van der Waals surface area contributed by atoms with E-state index in [4.69, 9.17) is 5.73 Å². The topological polar surface area (TPSA) is 64.7 Å². The number of halogens is 2. The molecule has 2 heterocycles. The molecule has 0 atom stereocenters. The summed E-state index contributed by atoms with van der Waals surface area (Å²) in [5.74, 6) is -0.585. The summed E-state index contributed by atoms with van der Waals surface area (Å²) in [5.41, 5.74) is 5.95. The fraction of sp³-hybridized carbons (Fsp3) is 0.100. The van der Waals surface area contributed by atoms with Gasteiger partial charge in [0.1, 0.15) is 18.2 Å². The summed E-state index contributed by atoms with van der Waals surface area (Å²) in [4.78, 5) is 11.4. The zero-order chi connectivity index (χ0) is 11.5. The van der Waals surface area contributed by atoms with Crippen molar-refractivity contribution in [3.63, 3.8) is 0 Å². The minimum absolute atomic E-state index is 0.0884. The van der Waals surface area contributed by atoms with Crippen molar-refractivity contribution in [3.8, 4) is 11.4 Å². The van der Waals surface area contributed by atoms with E-state index in [0.717, 1.165) is 6.07 Å². The Labute approximate surface area is 90.2 Å². The third-order valence-corrected chi connectivity index (χ3v) is 1.98. The van der Waals surface area contributed by atoms with Crippen molar-refractivity contribution in [1.82, 2.24) is 15.0 Å². The number of hydrogen-bond acceptors (Lipinski definition) is 4. The molecule has 2 rings (SSSR count). The van der Waals surface area contributed by atoms with E-state index in [1.165, 1.54) is 12.3 Å². The van der Waals surface area contributed by atoms with Crippen LogP contribution in [0.15, 0.2) is 24.4 Å². The molecule has 2 aromatic rings. The summed E-state index contributed by atoms with van der Waals surface area (Å²) in [6.45, 7) is -0.958. The van der Waals surface area contributed by atoms with Gasteiger partial charge in [0.15, 0.2) is 0 Å². The lowest BCUT2D eigenvalue weighted by atomic mass is 10.2. The number of nitrogen functional groups attached to an aromatic ring is 1. The lowest BCUT2D eigenvalue weighted by Gasteiger charge is -2.03. The number of aromatic nitrogens is 3. The van der Waals surface area contributed by atoms with Crippen LogP contribution in [0.25, 0.3) is 11.4 Å². The second-order valence-corrected chi connectivity index (χ2v) is 3.06. The molecule has 0 aromatic carbocycles. The molecule has 0 saturated carbocycles. The Morgan fingerprint density at radius 1 is 1.12 bits per heavy atom. The van der Waals surface area contributed by atoms with Crippen molar-refractivity contribution in [1.29, 1.82) is 0 Å². The van der Waals surface area contributed by atoms with Crippen LogP contribution in [0.2, 0.25) is 0 Å². The van der Waals surface area contributed by atoms with Gasteiger partial charge in [0.2, 0.25) is 5.95 Å². The molecule has 6 heteroatoms. The molecule has 0 fully saturated rings. The Bertz CT molecular complexity index is 516. The van der Waals surface area contributed by atoms with Gasteiger partial charge in [0, 0.05) is 6.20 Å². The van der Waals surface area contributed by atoms with E-state index in [1.54, 1.807) is 6.07 Å². The van der Waals surface area contributed by atoms with E-state index >= 15 is 0 Å². The van der Waals surface area contributed by atoms with Crippen molar-refractivity contribution in [2.24, 2.45) is 0 Å². The molecule has 2 aromatic heterocycles. The van der Waals surface area contributed by atoms with Crippen LogP contribution in [0.5, 0.6) is 0 Å². The van der Waals surface area contributed by atoms with Crippen LogP contribution < -0.4 is 5.73 Å². The number of anilines is 1. The summed E-state index contributed by atoms with van der Waals surface area (Å²) in [6.07, 6.45) is 1.46. The Balaban J connectivity index is 2.48. The van der Waals surface area contributed by atoms with Crippen LogP contribution in [0.1, 0.15) is 5.69 Å². The summed E-state index contributed by atoms with van der Waals surface area (Å²) in [6, 6.07) is 4.13. The molecular weight excluding hydrogens is 214 g/mol. The molecule has 0 aliphatic carbocycles. The molecule has 0 spiro atoms. The highest BCUT2D eigenvalue weighted by molar-refractivity contribution is 5.54. The molecule has 0 amide bonds. The molecule has 16 heavy (non-hydrogen) atoms. The highest BCUT2D eigenvalue weighted by Gasteiger charge is 2.07. The third-order valence-electron chi connectivity index (χ3n) is 1.98. The van der Waals surface area contributed by atoms with E-state index in [2.05, 4.69) is 15.0 Å². The molecule has 0 aliphatic heterocycles. The van der Waals surface area contributed by atoms with Crippen LogP contribution in [0.3, 0.4) is 0 Å². The fourth-order valence-electron chi connectivity index (χ4n) is 1.24. The largest absolute Gasteiger partial charge is 0.368 e. The summed E-state index contributed by atoms with van der Waals surface area (Å²) >= 11 is 0. The smallest absolute Gasteiger partial charge is 0.220 e. The number of rotatable bonds is 2. The van der Waals surface area contributed by atoms with Gasteiger partial charge in [-0.3, -0.25) is 0 Å². The van der Waals surface area contributed by atoms with Gasteiger partial charge in [0.25, 0.3) is 0 Å². The molecule has 0 saturated heterocycles. The number of hydrogen-bond donors (Lipinski definition) is 1. The number of nitrogens with zero attached hydrogens (tertiary/aromatic N) is 3. The standard InChI is InChI=1S/C10H8F2N4/c11-5-9-6(12)1-2-7(15-9)8-3-4-14-10(13)16-8/h1-4H,5H2,(H2,13,14,16). The van der Waals surface area contributed by atoms with Gasteiger partial charge in [-0.1, -0.05) is 0 Å². The van der Waals surface area contributed by atoms with Gasteiger partial charge in [-0.15, -0.1) is 0 Å². The Hall–Kier alpha value is -2.11. The summed E-state index contributed by atoms with van der Waals surface area (Å²) in [7, 11) is 0. The molecule has 0 unspecified atom stereocenters. The van der Waals surface area contributed by atoms with E-state index in [-0.39, 0.29) is 11.6 Å². The van der Waals surface area contributed by atoms with Crippen LogP contribution >= 0.6 is 0 Å². The quantitative estimate of drug-likeness (QED) is 0.840. The van der Waals surface area contributed by atoms with Crippen LogP contribution in [-0.2, 0) is 6.67 Å². The number of pyridine rings is 1. The Morgan fingerprint density at radius 2 is 1.88 bits per heavy atom. The highest BCUT2D eigenvalue weighted by atomic mass is 19.1. The van der Waals surface area contributed by atoms with E-state index in [0.29, 0.717) is 11.4 Å². The molecular formula is C10H8F2N4. The summed E-state index contributed by atoms with van der Waals surface area (Å²) in [5, 5.41) is 0. The monoisotopic (exact) mass is 222 g/mol. The maximum atomic E-state index is 13.0. The minimum atomic E-state index is -0.958. The lowest BCUT2D eigenvalue weighted by Crippen LogP contribution is -1.99. The number of nitrogens with two attached hydrogens (primary N) is 1. The fourth-order valence-corrected chi connectivity index (χ4v) is 1.24. The first-order valence-corrected chi connectivity index (χ1v) is 4.51. The van der Waals surface area contributed by atoms with Gasteiger partial charge >= 0.3 is 0 Å². The predicted molar refractivity (Wildman–Crippen MR) is 54.4 cm³/mol. The van der Waals surface area contributed by atoms with Crippen LogP contribution in [0.4, 0.5) is 14.7 Å². The van der Waals surface area contributed by atoms with Crippen molar-refractivity contribution in [2.45, 2.75) is 6.67 Å². The Morgan fingerprint density at radius 3 is 2.56 bits per heavy atom. The predicted octanol–water partition coefficient (Wildman–Crippen LogP) is 1.73. The van der Waals surface area contributed by atoms with Crippen molar-refractivity contribution < 1.29 is 8.78 Å². The van der Waals surface area contributed by atoms with Gasteiger partial charge in [-0.05, 0) is 18.2 Å². The van der Waals surface area contributed by atoms with Gasteiger partial charge in [0.05, 0.1) is 11.4 Å². The van der Waals surface area contributed by atoms with E-state index in [9.17, 15) is 8.78 Å². The Kier molecular flexibility index (Phi) is 2.72. The van der Waals surface area contributed by atoms with Crippen LogP contribution in [-0.4, -0.2) is 15.0 Å². The molecule has 0 aliphatic rings. The molecule has 0 radical (unpaired) electrons. The maximum absolute atomic E-state index is 13.0. The SMILES string of the molecule is Nc1nccc(-c2ccc(F)c(CF)n2)n1. The van der Waals surface area contributed by atoms with E-state index in [1.807, 2.05) is 0 Å². The first-order valence-electron chi connectivity index (χ1n) is 4.51. The number of alkyl halides is 1. The van der Waals surface area contributed by atoms with Crippen molar-refractivity contribution >= 4 is 5.95 Å². The molecule has 4 nitrogen and oxygen atoms in total. The highest BCUT2D eigenvalue weighted by Crippen LogP contribution is 2.17. The van der Waals surface area contributed by atoms with Crippen molar-refractivity contribution in [2.75, 3.05) is 5.73 Å². The van der Waals surface area contributed by atoms with E-state index < -0.39 is 12.5 Å². The second kappa shape index (κ2) is 4.18. The summed E-state index contributed by atoms with van der Waals surface area (Å²) < 4.78 is 25.4. The lowest BCUT2D eigenvalue weighted by molar-refractivity contribution is 0.452. The van der Waals surface area contributed by atoms with Crippen LogP contribution in [0, 0.1) is 5.82 Å². The molecule has 82 valence electrons. The van der Waals surface area contributed by atoms with Gasteiger partial charge in [-0.25, -0.2) is 23.7 Å². The average Bonchev–Trinajstić information content (AvgIpc) is 2.29. The van der Waals surface area contributed by atoms with Gasteiger partial charge < -0.3 is 5.73 Å². The third kappa shape index (κ3) is 1.95. The molecule has 2 N–H and O–H groups in total. The average molecular weight is 222 g/mol. The first kappa shape index (κ1) is 10.4. The zero-order valence-electron chi connectivity index (χ0n) is 8.19. The normalized spacial score (nSPS) is 10.4. The minimum Gasteiger partial charge on any atom is -0.368 e. The van der Waals surface area contributed by atoms with Crippen molar-refractivity contribution in [3.05, 3.63) is 35.9 Å². The maximum Gasteiger partial charge on any atom is 0.220 e. The zero-order valence-corrected chi connectivity index (χ0v) is 8.19. The molecule has 0 bridgehead atoms. The first-order chi connectivity index (χ1) is 7.70. The van der Waals surface area contributed by atoms with Gasteiger partial charge in [-0.2, -0.15) is 0 Å².